The lowest BCUT2D eigenvalue weighted by Gasteiger charge is -2.47. The Bertz CT molecular complexity index is 898. The molecular formula is C25H29N3. The smallest absolute Gasteiger partial charge is 0.138 e. The van der Waals surface area contributed by atoms with E-state index < -0.39 is 0 Å². The van der Waals surface area contributed by atoms with Gasteiger partial charge in [-0.3, -0.25) is 0 Å². The van der Waals surface area contributed by atoms with Crippen LogP contribution in [0, 0.1) is 0 Å². The Balaban J connectivity index is 1.70. The van der Waals surface area contributed by atoms with Crippen LogP contribution in [0.2, 0.25) is 0 Å². The molecule has 0 radical (unpaired) electrons. The lowest BCUT2D eigenvalue weighted by molar-refractivity contribution is 0.178. The third kappa shape index (κ3) is 2.81. The van der Waals surface area contributed by atoms with Crippen molar-refractivity contribution in [1.82, 2.24) is 15.1 Å². The number of fused-ring (bicyclic) bond motifs is 3. The van der Waals surface area contributed by atoms with E-state index in [-0.39, 0.29) is 0 Å². The average molecular weight is 372 g/mol. The molecule has 0 bridgehead atoms. The van der Waals surface area contributed by atoms with Crippen molar-refractivity contribution in [1.29, 1.82) is 0 Å². The Kier molecular flexibility index (Phi) is 4.38. The van der Waals surface area contributed by atoms with Crippen LogP contribution < -0.4 is 5.32 Å². The summed E-state index contributed by atoms with van der Waals surface area (Å²) in [4.78, 5) is 5.11. The van der Waals surface area contributed by atoms with Crippen LogP contribution in [0.1, 0.15) is 50.7 Å². The Hall–Kier alpha value is -2.68. The number of hydrogen-bond acceptors (Lipinski definition) is 3. The van der Waals surface area contributed by atoms with Gasteiger partial charge in [0.05, 0.1) is 17.4 Å². The molecule has 3 heteroatoms. The molecule has 0 amide bonds. The second-order valence-electron chi connectivity index (χ2n) is 8.42. The Morgan fingerprint density at radius 1 is 0.857 bits per heavy atom. The highest BCUT2D eigenvalue weighted by molar-refractivity contribution is 5.77. The van der Waals surface area contributed by atoms with Gasteiger partial charge in [0, 0.05) is 23.8 Å². The van der Waals surface area contributed by atoms with E-state index in [1.54, 1.807) is 0 Å². The zero-order valence-electron chi connectivity index (χ0n) is 16.8. The summed E-state index contributed by atoms with van der Waals surface area (Å²) in [7, 11) is 0. The zero-order chi connectivity index (χ0) is 19.1. The molecule has 1 fully saturated rings. The molecule has 3 aliphatic rings. The molecule has 3 nitrogen and oxygen atoms in total. The van der Waals surface area contributed by atoms with Crippen LogP contribution >= 0.6 is 0 Å². The van der Waals surface area contributed by atoms with Crippen LogP contribution in [0.3, 0.4) is 0 Å². The summed E-state index contributed by atoms with van der Waals surface area (Å²) >= 11 is 0. The van der Waals surface area contributed by atoms with Crippen LogP contribution in [-0.4, -0.2) is 27.9 Å². The first-order valence-electron chi connectivity index (χ1n) is 10.6. The minimum Gasteiger partial charge on any atom is -0.377 e. The third-order valence-electron chi connectivity index (χ3n) is 6.30. The van der Waals surface area contributed by atoms with Crippen molar-refractivity contribution >= 4 is 11.4 Å². The third-order valence-corrected chi connectivity index (χ3v) is 6.30. The van der Waals surface area contributed by atoms with E-state index in [1.165, 1.54) is 54.0 Å². The van der Waals surface area contributed by atoms with Crippen molar-refractivity contribution in [2.75, 3.05) is 0 Å². The van der Waals surface area contributed by atoms with E-state index in [1.807, 2.05) is 0 Å². The number of rotatable bonds is 3. The van der Waals surface area contributed by atoms with Crippen molar-refractivity contribution in [2.24, 2.45) is 0 Å². The Morgan fingerprint density at radius 2 is 1.50 bits per heavy atom. The lowest BCUT2D eigenvalue weighted by atomic mass is 9.86. The molecule has 0 saturated heterocycles. The summed E-state index contributed by atoms with van der Waals surface area (Å²) in [6.07, 6.45) is 7.50. The molecule has 2 atom stereocenters. The number of hydrogen-bond donors (Lipinski definition) is 1. The summed E-state index contributed by atoms with van der Waals surface area (Å²) in [6.45, 7) is 4.57. The van der Waals surface area contributed by atoms with E-state index in [4.69, 9.17) is 0 Å². The molecule has 2 heterocycles. The first kappa shape index (κ1) is 17.4. The Labute approximate surface area is 168 Å². The molecule has 1 saturated carbocycles. The molecule has 1 N–H and O–H groups in total. The predicted molar refractivity (Wildman–Crippen MR) is 116 cm³/mol. The highest BCUT2D eigenvalue weighted by Gasteiger charge is 2.44. The van der Waals surface area contributed by atoms with Crippen molar-refractivity contribution in [3.63, 3.8) is 0 Å². The monoisotopic (exact) mass is 371 g/mol. The van der Waals surface area contributed by atoms with Crippen LogP contribution in [0.4, 0.5) is 0 Å². The highest BCUT2D eigenvalue weighted by atomic mass is 15.4. The fourth-order valence-electron chi connectivity index (χ4n) is 4.95. The van der Waals surface area contributed by atoms with Gasteiger partial charge in [-0.15, -0.1) is 0 Å². The van der Waals surface area contributed by atoms with Crippen molar-refractivity contribution in [3.05, 3.63) is 83.8 Å². The molecule has 144 valence electrons. The number of nitrogens with one attached hydrogen (secondary N) is 1. The van der Waals surface area contributed by atoms with Crippen LogP contribution in [-0.2, 0) is 0 Å². The first-order valence-corrected chi connectivity index (χ1v) is 10.6. The maximum Gasteiger partial charge on any atom is 0.138 e. The Morgan fingerprint density at radius 3 is 2.18 bits per heavy atom. The van der Waals surface area contributed by atoms with E-state index in [0.717, 1.165) is 0 Å². The molecular weight excluding hydrogens is 342 g/mol. The molecule has 0 unspecified atom stereocenters. The molecule has 28 heavy (non-hydrogen) atoms. The minimum absolute atomic E-state index is 0.402. The zero-order valence-corrected chi connectivity index (χ0v) is 16.8. The second kappa shape index (κ2) is 7.05. The summed E-state index contributed by atoms with van der Waals surface area (Å²) < 4.78 is 0. The van der Waals surface area contributed by atoms with Gasteiger partial charge in [0.2, 0.25) is 0 Å². The normalized spacial score (nSPS) is 24.0. The van der Waals surface area contributed by atoms with E-state index in [0.29, 0.717) is 18.1 Å². The molecule has 1 aliphatic carbocycles. The lowest BCUT2D eigenvalue weighted by Crippen LogP contribution is -2.55. The van der Waals surface area contributed by atoms with Gasteiger partial charge in [0.25, 0.3) is 0 Å². The average Bonchev–Trinajstić information content (AvgIpc) is 3.16. The van der Waals surface area contributed by atoms with Crippen LogP contribution in [0.25, 0.3) is 11.4 Å². The molecule has 2 aliphatic heterocycles. The summed E-state index contributed by atoms with van der Waals surface area (Å²) in [5, 5.41) is 3.96. The predicted octanol–water partition coefficient (Wildman–Crippen LogP) is 5.25. The van der Waals surface area contributed by atoms with Crippen molar-refractivity contribution in [2.45, 2.75) is 57.7 Å². The standard InChI is InChI=1S/C25H29N3/c1-18(2)27-17-23(19-11-5-3-6-12-19)28-22-16-10-9-15-21(22)26-24(25(27)28)20-13-7-4-8-14-20/h3-8,11-14,17-18,21-22,26H,9-10,15-16H2,1-2H3/t21-,22-/m1/s1. The number of nitrogens with zero attached hydrogens (tertiary/aromatic N) is 2. The summed E-state index contributed by atoms with van der Waals surface area (Å²) in [5.41, 5.74) is 5.21. The molecule has 0 spiro atoms. The van der Waals surface area contributed by atoms with Crippen LogP contribution in [0.15, 0.2) is 72.7 Å². The van der Waals surface area contributed by atoms with Gasteiger partial charge in [-0.05, 0) is 32.3 Å². The fraction of sp³-hybridized carbons (Fsp3) is 0.360. The molecule has 5 rings (SSSR count). The molecule has 0 aromatic heterocycles. The van der Waals surface area contributed by atoms with Gasteiger partial charge in [-0.1, -0.05) is 73.5 Å². The van der Waals surface area contributed by atoms with Crippen LogP contribution in [0.5, 0.6) is 0 Å². The summed E-state index contributed by atoms with van der Waals surface area (Å²) in [5.74, 6) is 1.32. The van der Waals surface area contributed by atoms with E-state index >= 15 is 0 Å². The molecule has 2 aromatic rings. The molecule has 2 aromatic carbocycles. The quantitative estimate of drug-likeness (QED) is 0.795. The van der Waals surface area contributed by atoms with E-state index in [2.05, 4.69) is 95.8 Å². The fourth-order valence-corrected chi connectivity index (χ4v) is 4.95. The van der Waals surface area contributed by atoms with Gasteiger partial charge in [-0.25, -0.2) is 0 Å². The topological polar surface area (TPSA) is 18.5 Å². The van der Waals surface area contributed by atoms with E-state index in [9.17, 15) is 0 Å². The van der Waals surface area contributed by atoms with Crippen molar-refractivity contribution < 1.29 is 0 Å². The first-order chi connectivity index (χ1) is 13.7. The summed E-state index contributed by atoms with van der Waals surface area (Å²) in [6, 6.07) is 23.2. The van der Waals surface area contributed by atoms with Gasteiger partial charge >= 0.3 is 0 Å². The van der Waals surface area contributed by atoms with Gasteiger partial charge in [0.1, 0.15) is 5.82 Å². The SMILES string of the molecule is CC(C)N1C=C(c2ccccc2)N2C1=C(c1ccccc1)N[C@@H]1CCCC[C@H]12. The van der Waals surface area contributed by atoms with Gasteiger partial charge in [-0.2, -0.15) is 0 Å². The van der Waals surface area contributed by atoms with Gasteiger partial charge in [0.15, 0.2) is 0 Å². The number of benzene rings is 2. The van der Waals surface area contributed by atoms with Crippen molar-refractivity contribution in [3.8, 4) is 0 Å². The largest absolute Gasteiger partial charge is 0.377 e. The second-order valence-corrected chi connectivity index (χ2v) is 8.42. The maximum absolute atomic E-state index is 3.96. The maximum atomic E-state index is 3.96. The minimum atomic E-state index is 0.402. The highest BCUT2D eigenvalue weighted by Crippen LogP contribution is 2.45. The van der Waals surface area contributed by atoms with Gasteiger partial charge < -0.3 is 15.1 Å².